The van der Waals surface area contributed by atoms with Gasteiger partial charge in [0.15, 0.2) is 0 Å². The molecule has 8 heteroatoms. The number of hydrogen-bond donors (Lipinski definition) is 1. The fourth-order valence-electron chi connectivity index (χ4n) is 3.63. The van der Waals surface area contributed by atoms with Crippen molar-refractivity contribution in [2.75, 3.05) is 37.7 Å². The molecule has 0 saturated carbocycles. The van der Waals surface area contributed by atoms with Gasteiger partial charge in [0.05, 0.1) is 6.61 Å². The first-order valence-electron chi connectivity index (χ1n) is 9.90. The van der Waals surface area contributed by atoms with Crippen LogP contribution in [0.4, 0.5) is 10.6 Å². The molecule has 2 saturated heterocycles. The molecule has 148 valence electrons. The highest BCUT2D eigenvalue weighted by Crippen LogP contribution is 2.19. The first-order valence-corrected chi connectivity index (χ1v) is 9.90. The van der Waals surface area contributed by atoms with Crippen LogP contribution in [-0.2, 0) is 4.74 Å². The molecule has 1 N–H and O–H groups in total. The molecule has 0 bridgehead atoms. The molecule has 3 rings (SSSR count). The Bertz CT molecular complexity index is 667. The Labute approximate surface area is 160 Å². The summed E-state index contributed by atoms with van der Waals surface area (Å²) in [7, 11) is 0. The van der Waals surface area contributed by atoms with Crippen LogP contribution in [0, 0.1) is 6.92 Å². The number of amides is 2. The summed E-state index contributed by atoms with van der Waals surface area (Å²) in [5, 5.41) is 3.06. The van der Waals surface area contributed by atoms with E-state index in [0.717, 1.165) is 31.7 Å². The van der Waals surface area contributed by atoms with Crippen molar-refractivity contribution in [3.63, 3.8) is 0 Å². The summed E-state index contributed by atoms with van der Waals surface area (Å²) in [5.41, 5.74) is 0.413. The van der Waals surface area contributed by atoms with Crippen molar-refractivity contribution in [3.8, 4) is 0 Å². The summed E-state index contributed by atoms with van der Waals surface area (Å²) in [5.74, 6) is 1.28. The molecule has 2 aliphatic heterocycles. The molecule has 0 atom stereocenters. The second-order valence-electron chi connectivity index (χ2n) is 7.14. The van der Waals surface area contributed by atoms with Crippen LogP contribution in [0.2, 0.25) is 0 Å². The van der Waals surface area contributed by atoms with E-state index < -0.39 is 0 Å². The van der Waals surface area contributed by atoms with Gasteiger partial charge in [-0.3, -0.25) is 4.79 Å². The standard InChI is InChI=1S/C19H29N5O3/c1-3-27-19(26)24-11-7-15(8-12-24)22-18(25)16-13-17(21-14(2)20-16)23-9-5-4-6-10-23/h13,15H,3-12H2,1-2H3,(H,22,25). The number of carbonyl (C=O) groups is 2. The third-order valence-corrected chi connectivity index (χ3v) is 5.09. The third-order valence-electron chi connectivity index (χ3n) is 5.09. The lowest BCUT2D eigenvalue weighted by Gasteiger charge is -2.31. The van der Waals surface area contributed by atoms with Crippen molar-refractivity contribution in [1.82, 2.24) is 20.2 Å². The maximum Gasteiger partial charge on any atom is 0.409 e. The number of hydrogen-bond acceptors (Lipinski definition) is 6. The van der Waals surface area contributed by atoms with Gasteiger partial charge >= 0.3 is 6.09 Å². The van der Waals surface area contributed by atoms with E-state index in [1.165, 1.54) is 6.42 Å². The molecule has 1 aromatic rings. The van der Waals surface area contributed by atoms with Gasteiger partial charge < -0.3 is 19.9 Å². The van der Waals surface area contributed by atoms with Crippen LogP contribution < -0.4 is 10.2 Å². The summed E-state index contributed by atoms with van der Waals surface area (Å²) in [4.78, 5) is 37.2. The van der Waals surface area contributed by atoms with Crippen LogP contribution in [0.5, 0.6) is 0 Å². The fraction of sp³-hybridized carbons (Fsp3) is 0.684. The number of rotatable bonds is 4. The summed E-state index contributed by atoms with van der Waals surface area (Å²) in [6.07, 6.45) is 4.72. The number of anilines is 1. The van der Waals surface area contributed by atoms with E-state index in [9.17, 15) is 9.59 Å². The number of ether oxygens (including phenoxy) is 1. The molecule has 3 heterocycles. The van der Waals surface area contributed by atoms with Gasteiger partial charge in [-0.25, -0.2) is 14.8 Å². The van der Waals surface area contributed by atoms with E-state index in [-0.39, 0.29) is 18.0 Å². The molecule has 1 aromatic heterocycles. The lowest BCUT2D eigenvalue weighted by Crippen LogP contribution is -2.46. The van der Waals surface area contributed by atoms with E-state index in [0.29, 0.717) is 44.1 Å². The Kier molecular flexibility index (Phi) is 6.47. The fourth-order valence-corrected chi connectivity index (χ4v) is 3.63. The van der Waals surface area contributed by atoms with Gasteiger partial charge in [0.2, 0.25) is 0 Å². The number of nitrogens with zero attached hydrogens (tertiary/aromatic N) is 4. The lowest BCUT2D eigenvalue weighted by atomic mass is 10.1. The van der Waals surface area contributed by atoms with Crippen molar-refractivity contribution in [2.45, 2.75) is 52.0 Å². The highest BCUT2D eigenvalue weighted by Gasteiger charge is 2.25. The Hall–Kier alpha value is -2.38. The van der Waals surface area contributed by atoms with Crippen molar-refractivity contribution in [2.24, 2.45) is 0 Å². The van der Waals surface area contributed by atoms with Gasteiger partial charge in [0.1, 0.15) is 17.3 Å². The van der Waals surface area contributed by atoms with Gasteiger partial charge in [-0.05, 0) is 46.0 Å². The molecule has 2 amide bonds. The van der Waals surface area contributed by atoms with Gasteiger partial charge in [0.25, 0.3) is 5.91 Å². The number of likely N-dealkylation sites (tertiary alicyclic amines) is 1. The maximum atomic E-state index is 12.7. The Morgan fingerprint density at radius 3 is 2.52 bits per heavy atom. The molecule has 27 heavy (non-hydrogen) atoms. The molecule has 0 spiro atoms. The second-order valence-corrected chi connectivity index (χ2v) is 7.14. The Morgan fingerprint density at radius 1 is 1.15 bits per heavy atom. The highest BCUT2D eigenvalue weighted by molar-refractivity contribution is 5.93. The summed E-state index contributed by atoms with van der Waals surface area (Å²) in [6.45, 7) is 7.13. The summed E-state index contributed by atoms with van der Waals surface area (Å²) >= 11 is 0. The Morgan fingerprint density at radius 2 is 1.85 bits per heavy atom. The zero-order valence-corrected chi connectivity index (χ0v) is 16.2. The monoisotopic (exact) mass is 375 g/mol. The number of aromatic nitrogens is 2. The van der Waals surface area contributed by atoms with Gasteiger partial charge in [-0.2, -0.15) is 0 Å². The smallest absolute Gasteiger partial charge is 0.409 e. The SMILES string of the molecule is CCOC(=O)N1CCC(NC(=O)c2cc(N3CCCCC3)nc(C)n2)CC1. The quantitative estimate of drug-likeness (QED) is 0.867. The number of aryl methyl sites for hydroxylation is 1. The zero-order chi connectivity index (χ0) is 19.2. The summed E-state index contributed by atoms with van der Waals surface area (Å²) < 4.78 is 5.03. The van der Waals surface area contributed by atoms with Crippen LogP contribution in [0.1, 0.15) is 55.3 Å². The second kappa shape index (κ2) is 9.01. The van der Waals surface area contributed by atoms with Crippen LogP contribution in [-0.4, -0.2) is 65.7 Å². The van der Waals surface area contributed by atoms with Crippen LogP contribution in [0.3, 0.4) is 0 Å². The lowest BCUT2D eigenvalue weighted by molar-refractivity contribution is 0.0856. The van der Waals surface area contributed by atoms with Crippen LogP contribution in [0.15, 0.2) is 6.07 Å². The molecular formula is C19H29N5O3. The number of nitrogens with one attached hydrogen (secondary N) is 1. The summed E-state index contributed by atoms with van der Waals surface area (Å²) in [6, 6.07) is 1.83. The molecule has 0 aliphatic carbocycles. The minimum Gasteiger partial charge on any atom is -0.450 e. The molecule has 2 aliphatic rings. The van der Waals surface area contributed by atoms with Crippen LogP contribution >= 0.6 is 0 Å². The van der Waals surface area contributed by atoms with Crippen LogP contribution in [0.25, 0.3) is 0 Å². The van der Waals surface area contributed by atoms with E-state index in [1.54, 1.807) is 17.9 Å². The normalized spacial score (nSPS) is 18.3. The zero-order valence-electron chi connectivity index (χ0n) is 16.2. The predicted octanol–water partition coefficient (Wildman–Crippen LogP) is 2.13. The molecule has 0 aromatic carbocycles. The molecule has 8 nitrogen and oxygen atoms in total. The number of carbonyl (C=O) groups excluding carboxylic acids is 2. The molecular weight excluding hydrogens is 346 g/mol. The van der Waals surface area contributed by atoms with Gasteiger partial charge in [0, 0.05) is 38.3 Å². The topological polar surface area (TPSA) is 87.7 Å². The van der Waals surface area contributed by atoms with Crippen molar-refractivity contribution < 1.29 is 14.3 Å². The van der Waals surface area contributed by atoms with Crippen molar-refractivity contribution >= 4 is 17.8 Å². The van der Waals surface area contributed by atoms with Crippen molar-refractivity contribution in [3.05, 3.63) is 17.6 Å². The molecule has 0 radical (unpaired) electrons. The van der Waals surface area contributed by atoms with E-state index in [1.807, 2.05) is 6.92 Å². The minimum atomic E-state index is -0.278. The largest absolute Gasteiger partial charge is 0.450 e. The van der Waals surface area contributed by atoms with Gasteiger partial charge in [-0.15, -0.1) is 0 Å². The van der Waals surface area contributed by atoms with E-state index in [4.69, 9.17) is 4.74 Å². The highest BCUT2D eigenvalue weighted by atomic mass is 16.6. The van der Waals surface area contributed by atoms with E-state index >= 15 is 0 Å². The molecule has 0 unspecified atom stereocenters. The Balaban J connectivity index is 1.58. The predicted molar refractivity (Wildman–Crippen MR) is 102 cm³/mol. The average molecular weight is 375 g/mol. The first-order chi connectivity index (χ1) is 13.1. The van der Waals surface area contributed by atoms with Gasteiger partial charge in [-0.1, -0.05) is 0 Å². The van der Waals surface area contributed by atoms with Crippen molar-refractivity contribution in [1.29, 1.82) is 0 Å². The maximum absolute atomic E-state index is 12.7. The average Bonchev–Trinajstić information content (AvgIpc) is 2.69. The van der Waals surface area contributed by atoms with E-state index in [2.05, 4.69) is 20.2 Å². The molecule has 2 fully saturated rings. The minimum absolute atomic E-state index is 0.0388. The first kappa shape index (κ1) is 19.4. The third kappa shape index (κ3) is 5.08. The number of piperidine rings is 2.